The van der Waals surface area contributed by atoms with Crippen LogP contribution in [0.15, 0.2) is 11.8 Å². The molecule has 1 nitrogen and oxygen atoms in total. The van der Waals surface area contributed by atoms with Gasteiger partial charge in [-0.3, -0.25) is 0 Å². The molecule has 47 valence electrons. The van der Waals surface area contributed by atoms with Crippen molar-refractivity contribution < 1.29 is 4.74 Å². The fraction of sp³-hybridized carbons (Fsp3) is 0.571. The molecule has 0 aliphatic carbocycles. The fourth-order valence-corrected chi connectivity index (χ4v) is 0.316. The largest absolute Gasteiger partial charge is 0.499 e. The van der Waals surface area contributed by atoms with Gasteiger partial charge in [-0.25, -0.2) is 0 Å². The zero-order chi connectivity index (χ0) is 6.41. The van der Waals surface area contributed by atoms with Crippen molar-refractivity contribution in [1.82, 2.24) is 0 Å². The van der Waals surface area contributed by atoms with E-state index in [0.29, 0.717) is 0 Å². The van der Waals surface area contributed by atoms with Crippen LogP contribution in [0.5, 0.6) is 0 Å². The first kappa shape index (κ1) is 7.54. The molecule has 0 saturated carbocycles. The van der Waals surface area contributed by atoms with Crippen LogP contribution in [0.4, 0.5) is 0 Å². The molecular weight excluding hydrogens is 100 g/mol. The first-order valence-corrected chi connectivity index (χ1v) is 2.86. The highest BCUT2D eigenvalue weighted by molar-refractivity contribution is 4.83. The van der Waals surface area contributed by atoms with Crippen molar-refractivity contribution in [2.45, 2.75) is 20.3 Å². The maximum Gasteiger partial charge on any atom is 0.0886 e. The minimum absolute atomic E-state index is 0.732. The quantitative estimate of drug-likeness (QED) is 0.509. The predicted octanol–water partition coefficient (Wildman–Crippen LogP) is 2.15. The molecule has 0 rings (SSSR count). The minimum Gasteiger partial charge on any atom is -0.499 e. The van der Waals surface area contributed by atoms with Crippen LogP contribution in [0, 0.1) is 6.92 Å². The smallest absolute Gasteiger partial charge is 0.0886 e. The standard InChI is InChI=1S/C7H13O/c1-4-6-8-7(3)5-2/h5H,1,4,6H2,2-3H3. The Labute approximate surface area is 51.4 Å². The minimum atomic E-state index is 0.732. The Kier molecular flexibility index (Phi) is 4.42. The molecule has 0 spiro atoms. The molecule has 0 amide bonds. The van der Waals surface area contributed by atoms with Gasteiger partial charge >= 0.3 is 0 Å². The van der Waals surface area contributed by atoms with Crippen molar-refractivity contribution in [2.24, 2.45) is 0 Å². The zero-order valence-electron chi connectivity index (χ0n) is 5.61. The molecule has 0 unspecified atom stereocenters. The molecule has 0 saturated heterocycles. The van der Waals surface area contributed by atoms with E-state index in [9.17, 15) is 0 Å². The maximum absolute atomic E-state index is 5.14. The molecule has 0 N–H and O–H groups in total. The maximum atomic E-state index is 5.14. The normalized spacial score (nSPS) is 11.6. The van der Waals surface area contributed by atoms with Crippen molar-refractivity contribution in [2.75, 3.05) is 6.61 Å². The van der Waals surface area contributed by atoms with E-state index in [1.807, 2.05) is 19.9 Å². The summed E-state index contributed by atoms with van der Waals surface area (Å²) in [6.45, 7) is 8.27. The van der Waals surface area contributed by atoms with Gasteiger partial charge in [0.1, 0.15) is 0 Å². The average molecular weight is 113 g/mol. The molecule has 0 atom stereocenters. The van der Waals surface area contributed by atoms with Crippen LogP contribution in [0.25, 0.3) is 0 Å². The van der Waals surface area contributed by atoms with Gasteiger partial charge in [0.15, 0.2) is 0 Å². The Hall–Kier alpha value is -0.460. The average Bonchev–Trinajstić information content (AvgIpc) is 1.83. The van der Waals surface area contributed by atoms with E-state index in [1.165, 1.54) is 0 Å². The summed E-state index contributed by atoms with van der Waals surface area (Å²) >= 11 is 0. The Morgan fingerprint density at radius 2 is 2.38 bits per heavy atom. The van der Waals surface area contributed by atoms with Crippen molar-refractivity contribution in [1.29, 1.82) is 0 Å². The molecule has 0 aromatic rings. The summed E-state index contributed by atoms with van der Waals surface area (Å²) in [7, 11) is 0. The lowest BCUT2D eigenvalue weighted by Gasteiger charge is -2.00. The van der Waals surface area contributed by atoms with Crippen molar-refractivity contribution in [3.8, 4) is 0 Å². The first-order chi connectivity index (χ1) is 3.81. The lowest BCUT2D eigenvalue weighted by Crippen LogP contribution is -1.88. The molecule has 8 heavy (non-hydrogen) atoms. The van der Waals surface area contributed by atoms with Crippen LogP contribution in [-0.2, 0) is 4.74 Å². The summed E-state index contributed by atoms with van der Waals surface area (Å²) in [4.78, 5) is 0. The Bertz CT molecular complexity index is 74.5. The third-order valence-corrected chi connectivity index (χ3v) is 0.881. The molecule has 0 aliphatic heterocycles. The lowest BCUT2D eigenvalue weighted by molar-refractivity contribution is 0.219. The second kappa shape index (κ2) is 4.69. The van der Waals surface area contributed by atoms with E-state index in [1.54, 1.807) is 0 Å². The van der Waals surface area contributed by atoms with Crippen molar-refractivity contribution >= 4 is 0 Å². The summed E-state index contributed by atoms with van der Waals surface area (Å²) in [6, 6.07) is 0. The highest BCUT2D eigenvalue weighted by atomic mass is 16.5. The fourth-order valence-electron chi connectivity index (χ4n) is 0.316. The van der Waals surface area contributed by atoms with Gasteiger partial charge in [0, 0.05) is 0 Å². The number of hydrogen-bond donors (Lipinski definition) is 0. The zero-order valence-corrected chi connectivity index (χ0v) is 5.61. The topological polar surface area (TPSA) is 9.23 Å². The molecule has 1 radical (unpaired) electrons. The summed E-state index contributed by atoms with van der Waals surface area (Å²) in [5.74, 6) is 0.980. The SMILES string of the molecule is [CH2]CCOC(C)=CC. The number of allylic oxidation sites excluding steroid dienone is 2. The van der Waals surface area contributed by atoms with Crippen LogP contribution in [0.3, 0.4) is 0 Å². The lowest BCUT2D eigenvalue weighted by atomic mass is 10.5. The third-order valence-electron chi connectivity index (χ3n) is 0.881. The van der Waals surface area contributed by atoms with Crippen molar-refractivity contribution in [3.05, 3.63) is 18.8 Å². The third kappa shape index (κ3) is 3.72. The summed E-state index contributed by atoms with van der Waals surface area (Å²) < 4.78 is 5.14. The number of ether oxygens (including phenoxy) is 1. The van der Waals surface area contributed by atoms with E-state index in [-0.39, 0.29) is 0 Å². The van der Waals surface area contributed by atoms with Crippen molar-refractivity contribution in [3.63, 3.8) is 0 Å². The second-order valence-electron chi connectivity index (χ2n) is 1.60. The molecule has 0 aromatic carbocycles. The summed E-state index contributed by atoms with van der Waals surface area (Å²) in [6.07, 6.45) is 2.78. The van der Waals surface area contributed by atoms with Gasteiger partial charge in [-0.2, -0.15) is 0 Å². The van der Waals surface area contributed by atoms with Crippen LogP contribution in [-0.4, -0.2) is 6.61 Å². The highest BCUT2D eigenvalue weighted by Crippen LogP contribution is 1.93. The van der Waals surface area contributed by atoms with E-state index in [4.69, 9.17) is 4.74 Å². The van der Waals surface area contributed by atoms with Crippen LogP contribution < -0.4 is 0 Å². The Balaban J connectivity index is 3.12. The molecule has 0 heterocycles. The highest BCUT2D eigenvalue weighted by Gasteiger charge is 1.82. The molecule has 0 aromatic heterocycles. The van der Waals surface area contributed by atoms with E-state index < -0.39 is 0 Å². The van der Waals surface area contributed by atoms with Gasteiger partial charge in [-0.15, -0.1) is 0 Å². The van der Waals surface area contributed by atoms with Gasteiger partial charge in [0.05, 0.1) is 12.4 Å². The van der Waals surface area contributed by atoms with Gasteiger partial charge in [0.2, 0.25) is 0 Å². The van der Waals surface area contributed by atoms with Gasteiger partial charge in [-0.1, -0.05) is 6.08 Å². The monoisotopic (exact) mass is 113 g/mol. The Morgan fingerprint density at radius 3 is 2.75 bits per heavy atom. The van der Waals surface area contributed by atoms with E-state index >= 15 is 0 Å². The van der Waals surface area contributed by atoms with Gasteiger partial charge in [-0.05, 0) is 27.2 Å². The Morgan fingerprint density at radius 1 is 1.75 bits per heavy atom. The summed E-state index contributed by atoms with van der Waals surface area (Å²) in [5.41, 5.74) is 0. The molecule has 0 bridgehead atoms. The molecule has 0 fully saturated rings. The molecule has 1 heteroatoms. The number of hydrogen-bond acceptors (Lipinski definition) is 1. The molecule has 0 aliphatic rings. The van der Waals surface area contributed by atoms with E-state index in [2.05, 4.69) is 6.92 Å². The second-order valence-corrected chi connectivity index (χ2v) is 1.60. The van der Waals surface area contributed by atoms with Crippen LogP contribution in [0.2, 0.25) is 0 Å². The summed E-state index contributed by atoms with van der Waals surface area (Å²) in [5, 5.41) is 0. The predicted molar refractivity (Wildman–Crippen MR) is 35.4 cm³/mol. The van der Waals surface area contributed by atoms with Crippen LogP contribution in [0.1, 0.15) is 20.3 Å². The van der Waals surface area contributed by atoms with Crippen LogP contribution >= 0.6 is 0 Å². The van der Waals surface area contributed by atoms with Gasteiger partial charge < -0.3 is 4.74 Å². The van der Waals surface area contributed by atoms with Gasteiger partial charge in [0.25, 0.3) is 0 Å². The number of rotatable bonds is 3. The van der Waals surface area contributed by atoms with E-state index in [0.717, 1.165) is 18.8 Å². The first-order valence-electron chi connectivity index (χ1n) is 2.86. The molecular formula is C7H13O.